The molecule has 1 atom stereocenters. The van der Waals surface area contributed by atoms with Crippen LogP contribution in [0.2, 0.25) is 0 Å². The molecule has 1 fully saturated rings. The van der Waals surface area contributed by atoms with Gasteiger partial charge in [-0.3, -0.25) is 13.9 Å². The second-order valence-corrected chi connectivity index (χ2v) is 13.0. The second-order valence-electron chi connectivity index (χ2n) is 10.2. The average molecular weight is 643 g/mol. The van der Waals surface area contributed by atoms with E-state index in [9.17, 15) is 18.0 Å². The highest BCUT2D eigenvalue weighted by Gasteiger charge is 2.33. The summed E-state index contributed by atoms with van der Waals surface area (Å²) in [6.07, 6.45) is 5.11. The SMILES string of the molecule is COc1cccc(N(CC(=O)N(Cc2ccc(Br)cc2)[C@H](C)C(=O)NC2CCCCC2)S(=O)(=O)c2ccccc2)c1. The van der Waals surface area contributed by atoms with Gasteiger partial charge in [0.1, 0.15) is 18.3 Å². The number of rotatable bonds is 11. The Morgan fingerprint density at radius 3 is 2.32 bits per heavy atom. The molecule has 2 amide bonds. The maximum Gasteiger partial charge on any atom is 0.264 e. The summed E-state index contributed by atoms with van der Waals surface area (Å²) in [5.74, 6) is -0.294. The predicted molar refractivity (Wildman–Crippen MR) is 163 cm³/mol. The minimum atomic E-state index is -4.13. The van der Waals surface area contributed by atoms with Crippen molar-refractivity contribution in [1.29, 1.82) is 0 Å². The second kappa shape index (κ2) is 14.0. The number of nitrogens with zero attached hydrogens (tertiary/aromatic N) is 2. The number of carbonyl (C=O) groups excluding carboxylic acids is 2. The average Bonchev–Trinajstić information content (AvgIpc) is 3.00. The van der Waals surface area contributed by atoms with Crippen LogP contribution in [0.25, 0.3) is 0 Å². The largest absolute Gasteiger partial charge is 0.497 e. The van der Waals surface area contributed by atoms with Gasteiger partial charge < -0.3 is 15.0 Å². The molecule has 0 spiro atoms. The van der Waals surface area contributed by atoms with Crippen molar-refractivity contribution in [3.05, 3.63) is 88.9 Å². The number of sulfonamides is 1. The minimum absolute atomic E-state index is 0.0539. The van der Waals surface area contributed by atoms with Gasteiger partial charge in [0.25, 0.3) is 10.0 Å². The minimum Gasteiger partial charge on any atom is -0.497 e. The molecular weight excluding hydrogens is 606 g/mol. The Kier molecular flexibility index (Phi) is 10.4. The van der Waals surface area contributed by atoms with E-state index in [1.54, 1.807) is 49.4 Å². The lowest BCUT2D eigenvalue weighted by atomic mass is 9.95. The van der Waals surface area contributed by atoms with E-state index in [1.165, 1.54) is 24.1 Å². The molecule has 0 saturated heterocycles. The molecule has 0 aromatic heterocycles. The molecule has 1 aliphatic carbocycles. The van der Waals surface area contributed by atoms with Gasteiger partial charge in [0.05, 0.1) is 17.7 Å². The van der Waals surface area contributed by atoms with Crippen molar-refractivity contribution in [2.24, 2.45) is 0 Å². The van der Waals surface area contributed by atoms with Crippen LogP contribution in [-0.2, 0) is 26.2 Å². The van der Waals surface area contributed by atoms with Gasteiger partial charge in [-0.1, -0.05) is 71.6 Å². The summed E-state index contributed by atoms with van der Waals surface area (Å²) in [5, 5.41) is 3.12. The molecule has 1 saturated carbocycles. The summed E-state index contributed by atoms with van der Waals surface area (Å²) >= 11 is 3.43. The van der Waals surface area contributed by atoms with Gasteiger partial charge in [-0.2, -0.15) is 0 Å². The molecule has 218 valence electrons. The van der Waals surface area contributed by atoms with Crippen LogP contribution in [0, 0.1) is 0 Å². The summed E-state index contributed by atoms with van der Waals surface area (Å²) in [6.45, 7) is 1.33. The van der Waals surface area contributed by atoms with Crippen LogP contribution in [0.3, 0.4) is 0 Å². The summed E-state index contributed by atoms with van der Waals surface area (Å²) in [5.41, 5.74) is 1.10. The summed E-state index contributed by atoms with van der Waals surface area (Å²) in [7, 11) is -2.64. The standard InChI is InChI=1S/C31H36BrN3O5S/c1-23(31(37)33-26-10-5-3-6-11-26)34(21-24-16-18-25(32)19-17-24)30(36)22-35(27-12-9-13-28(20-27)40-2)41(38,39)29-14-7-4-8-15-29/h4,7-9,12-20,23,26H,3,5-6,10-11,21-22H2,1-2H3,(H,33,37)/t23-/m1/s1. The number of hydrogen-bond donors (Lipinski definition) is 1. The summed E-state index contributed by atoms with van der Waals surface area (Å²) < 4.78 is 35.1. The topological polar surface area (TPSA) is 96.0 Å². The van der Waals surface area contributed by atoms with Crippen molar-refractivity contribution < 1.29 is 22.7 Å². The highest BCUT2D eigenvalue weighted by atomic mass is 79.9. The third-order valence-electron chi connectivity index (χ3n) is 7.34. The van der Waals surface area contributed by atoms with Crippen molar-refractivity contribution in [2.75, 3.05) is 18.0 Å². The Labute approximate surface area is 250 Å². The first-order chi connectivity index (χ1) is 19.7. The van der Waals surface area contributed by atoms with Gasteiger partial charge in [0.2, 0.25) is 11.8 Å². The molecule has 8 nitrogen and oxygen atoms in total. The Hall–Kier alpha value is -3.37. The van der Waals surface area contributed by atoms with Gasteiger partial charge in [0, 0.05) is 23.1 Å². The van der Waals surface area contributed by atoms with Gasteiger partial charge in [-0.15, -0.1) is 0 Å². The van der Waals surface area contributed by atoms with Gasteiger partial charge in [-0.25, -0.2) is 8.42 Å². The molecule has 0 radical (unpaired) electrons. The fraction of sp³-hybridized carbons (Fsp3) is 0.355. The van der Waals surface area contributed by atoms with E-state index in [4.69, 9.17) is 4.74 Å². The third-order valence-corrected chi connectivity index (χ3v) is 9.65. The van der Waals surface area contributed by atoms with E-state index in [0.29, 0.717) is 5.75 Å². The monoisotopic (exact) mass is 641 g/mol. The van der Waals surface area contributed by atoms with Crippen molar-refractivity contribution >= 4 is 43.5 Å². The molecule has 41 heavy (non-hydrogen) atoms. The zero-order valence-electron chi connectivity index (χ0n) is 23.3. The van der Waals surface area contributed by atoms with Crippen molar-refractivity contribution in [3.63, 3.8) is 0 Å². The Balaban J connectivity index is 1.67. The lowest BCUT2D eigenvalue weighted by Gasteiger charge is -2.33. The third kappa shape index (κ3) is 7.89. The fourth-order valence-corrected chi connectivity index (χ4v) is 6.64. The molecule has 1 N–H and O–H groups in total. The molecule has 0 aliphatic heterocycles. The smallest absolute Gasteiger partial charge is 0.264 e. The number of hydrogen-bond acceptors (Lipinski definition) is 5. The number of benzene rings is 3. The van der Waals surface area contributed by atoms with Crippen LogP contribution in [0.15, 0.2) is 88.2 Å². The maximum atomic E-state index is 14.1. The Bertz CT molecular complexity index is 1430. The number of nitrogens with one attached hydrogen (secondary N) is 1. The van der Waals surface area contributed by atoms with Crippen molar-refractivity contribution in [3.8, 4) is 5.75 Å². The van der Waals surface area contributed by atoms with E-state index >= 15 is 0 Å². The molecule has 0 bridgehead atoms. The van der Waals surface area contributed by atoms with Crippen LogP contribution in [0.1, 0.15) is 44.6 Å². The van der Waals surface area contributed by atoms with E-state index in [1.807, 2.05) is 24.3 Å². The van der Waals surface area contributed by atoms with Crippen LogP contribution >= 0.6 is 15.9 Å². The fourth-order valence-electron chi connectivity index (χ4n) is 4.95. The highest BCUT2D eigenvalue weighted by molar-refractivity contribution is 9.10. The quantitative estimate of drug-likeness (QED) is 0.297. The molecule has 3 aromatic carbocycles. The van der Waals surface area contributed by atoms with E-state index < -0.39 is 28.5 Å². The van der Waals surface area contributed by atoms with Gasteiger partial charge in [-0.05, 0) is 61.7 Å². The lowest BCUT2D eigenvalue weighted by molar-refractivity contribution is -0.139. The normalized spacial score (nSPS) is 14.6. The highest BCUT2D eigenvalue weighted by Crippen LogP contribution is 2.28. The lowest BCUT2D eigenvalue weighted by Crippen LogP contribution is -2.53. The number of methoxy groups -OCH3 is 1. The van der Waals surface area contributed by atoms with E-state index in [0.717, 1.165) is 46.4 Å². The summed E-state index contributed by atoms with van der Waals surface area (Å²) in [4.78, 5) is 29.0. The molecule has 4 rings (SSSR count). The Morgan fingerprint density at radius 2 is 1.66 bits per heavy atom. The first-order valence-corrected chi connectivity index (χ1v) is 16.0. The predicted octanol–water partition coefficient (Wildman–Crippen LogP) is 5.52. The van der Waals surface area contributed by atoms with E-state index in [-0.39, 0.29) is 29.1 Å². The Morgan fingerprint density at radius 1 is 0.976 bits per heavy atom. The molecular formula is C31H36BrN3O5S. The number of halogens is 1. The number of ether oxygens (including phenoxy) is 1. The summed E-state index contributed by atoms with van der Waals surface area (Å²) in [6, 6.07) is 21.3. The first kappa shape index (κ1) is 30.6. The molecule has 0 unspecified atom stereocenters. The van der Waals surface area contributed by atoms with Crippen LogP contribution < -0.4 is 14.4 Å². The van der Waals surface area contributed by atoms with Gasteiger partial charge >= 0.3 is 0 Å². The van der Waals surface area contributed by atoms with E-state index in [2.05, 4.69) is 21.2 Å². The number of carbonyl (C=O) groups is 2. The van der Waals surface area contributed by atoms with Crippen molar-refractivity contribution in [2.45, 2.75) is 62.6 Å². The molecule has 3 aromatic rings. The van der Waals surface area contributed by atoms with Crippen molar-refractivity contribution in [1.82, 2.24) is 10.2 Å². The number of anilines is 1. The molecule has 10 heteroatoms. The zero-order valence-corrected chi connectivity index (χ0v) is 25.7. The number of amides is 2. The van der Waals surface area contributed by atoms with Gasteiger partial charge in [0.15, 0.2) is 0 Å². The zero-order chi connectivity index (χ0) is 29.4. The van der Waals surface area contributed by atoms with Crippen LogP contribution in [-0.4, -0.2) is 50.9 Å². The van der Waals surface area contributed by atoms with Crippen LogP contribution in [0.4, 0.5) is 5.69 Å². The molecule has 1 aliphatic rings. The van der Waals surface area contributed by atoms with Crippen LogP contribution in [0.5, 0.6) is 5.75 Å². The molecule has 0 heterocycles. The maximum absolute atomic E-state index is 14.1. The first-order valence-electron chi connectivity index (χ1n) is 13.7.